The summed E-state index contributed by atoms with van der Waals surface area (Å²) >= 11 is 6.40. The van der Waals surface area contributed by atoms with Crippen molar-refractivity contribution in [2.45, 2.75) is 50.5 Å². The maximum Gasteiger partial charge on any atom is 0.243 e. The fraction of sp³-hybridized carbons (Fsp3) is 0.400. The SMILES string of the molecule is Cc1ccc(S(=O)(=O)N2CCCCC[C@@H]2c2ccccc2Cl)cc1C. The van der Waals surface area contributed by atoms with E-state index in [1.54, 1.807) is 16.4 Å². The van der Waals surface area contributed by atoms with E-state index in [1.165, 1.54) is 0 Å². The van der Waals surface area contributed by atoms with Gasteiger partial charge in [0, 0.05) is 11.6 Å². The zero-order valence-electron chi connectivity index (χ0n) is 14.7. The van der Waals surface area contributed by atoms with E-state index in [4.69, 9.17) is 11.6 Å². The fourth-order valence-electron chi connectivity index (χ4n) is 3.44. The van der Waals surface area contributed by atoms with Gasteiger partial charge in [-0.3, -0.25) is 0 Å². The van der Waals surface area contributed by atoms with Gasteiger partial charge in [-0.05, 0) is 61.6 Å². The molecule has 1 fully saturated rings. The minimum absolute atomic E-state index is 0.206. The number of nitrogens with zero attached hydrogens (tertiary/aromatic N) is 1. The van der Waals surface area contributed by atoms with Gasteiger partial charge in [-0.15, -0.1) is 0 Å². The first-order valence-electron chi connectivity index (χ1n) is 8.75. The van der Waals surface area contributed by atoms with Gasteiger partial charge in [0.05, 0.1) is 10.9 Å². The van der Waals surface area contributed by atoms with E-state index in [2.05, 4.69) is 0 Å². The highest BCUT2D eigenvalue weighted by Crippen LogP contribution is 2.37. The van der Waals surface area contributed by atoms with Crippen LogP contribution in [0.3, 0.4) is 0 Å². The molecule has 134 valence electrons. The van der Waals surface area contributed by atoms with Crippen LogP contribution in [0.4, 0.5) is 0 Å². The molecule has 1 heterocycles. The molecular formula is C20H24ClNO2S. The number of halogens is 1. The first kappa shape index (κ1) is 18.4. The van der Waals surface area contributed by atoms with Crippen LogP contribution in [0, 0.1) is 13.8 Å². The topological polar surface area (TPSA) is 37.4 Å². The lowest BCUT2D eigenvalue weighted by Crippen LogP contribution is -2.35. The van der Waals surface area contributed by atoms with E-state index >= 15 is 0 Å². The van der Waals surface area contributed by atoms with Crippen LogP contribution in [-0.4, -0.2) is 19.3 Å². The molecule has 3 rings (SSSR count). The molecule has 0 unspecified atom stereocenters. The molecule has 1 atom stereocenters. The van der Waals surface area contributed by atoms with Crippen molar-refractivity contribution in [2.75, 3.05) is 6.54 Å². The summed E-state index contributed by atoms with van der Waals surface area (Å²) in [5.41, 5.74) is 2.99. The number of hydrogen-bond acceptors (Lipinski definition) is 2. The van der Waals surface area contributed by atoms with Gasteiger partial charge in [-0.25, -0.2) is 8.42 Å². The maximum absolute atomic E-state index is 13.4. The van der Waals surface area contributed by atoms with Gasteiger partial charge >= 0.3 is 0 Å². The van der Waals surface area contributed by atoms with Crippen molar-refractivity contribution in [3.63, 3.8) is 0 Å². The standard InChI is InChI=1S/C20H24ClNO2S/c1-15-11-12-17(14-16(15)2)25(23,24)22-13-7-3-4-10-20(22)18-8-5-6-9-19(18)21/h5-6,8-9,11-12,14,20H,3-4,7,10,13H2,1-2H3/t20-/m1/s1. The van der Waals surface area contributed by atoms with Crippen molar-refractivity contribution >= 4 is 21.6 Å². The summed E-state index contributed by atoms with van der Waals surface area (Å²) in [6.45, 7) is 4.47. The minimum atomic E-state index is -3.56. The van der Waals surface area contributed by atoms with Crippen LogP contribution in [0.25, 0.3) is 0 Å². The van der Waals surface area contributed by atoms with Crippen LogP contribution in [0.2, 0.25) is 5.02 Å². The number of aryl methyl sites for hydroxylation is 2. The van der Waals surface area contributed by atoms with Gasteiger partial charge in [0.15, 0.2) is 0 Å². The Morgan fingerprint density at radius 1 is 1.00 bits per heavy atom. The molecule has 0 aromatic heterocycles. The van der Waals surface area contributed by atoms with Crippen molar-refractivity contribution in [3.05, 3.63) is 64.2 Å². The molecule has 2 aromatic rings. The summed E-state index contributed by atoms with van der Waals surface area (Å²) in [6, 6.07) is 12.8. The monoisotopic (exact) mass is 377 g/mol. The third-order valence-electron chi connectivity index (χ3n) is 5.05. The van der Waals surface area contributed by atoms with Gasteiger partial charge in [0.25, 0.3) is 0 Å². The lowest BCUT2D eigenvalue weighted by Gasteiger charge is -2.30. The fourth-order valence-corrected chi connectivity index (χ4v) is 5.46. The van der Waals surface area contributed by atoms with Gasteiger partial charge in [0.1, 0.15) is 0 Å². The lowest BCUT2D eigenvalue weighted by molar-refractivity contribution is 0.329. The third-order valence-corrected chi connectivity index (χ3v) is 7.30. The van der Waals surface area contributed by atoms with Crippen LogP contribution in [-0.2, 0) is 10.0 Å². The second kappa shape index (κ2) is 7.48. The molecule has 0 aliphatic carbocycles. The predicted molar refractivity (Wildman–Crippen MR) is 102 cm³/mol. The number of sulfonamides is 1. The summed E-state index contributed by atoms with van der Waals surface area (Å²) in [7, 11) is -3.56. The Kier molecular flexibility index (Phi) is 5.52. The summed E-state index contributed by atoms with van der Waals surface area (Å²) < 4.78 is 28.4. The van der Waals surface area contributed by atoms with E-state index < -0.39 is 10.0 Å². The molecule has 0 saturated carbocycles. The Bertz CT molecular complexity index is 864. The molecule has 2 aromatic carbocycles. The summed E-state index contributed by atoms with van der Waals surface area (Å²) in [5.74, 6) is 0. The summed E-state index contributed by atoms with van der Waals surface area (Å²) in [5, 5.41) is 0.634. The van der Waals surface area contributed by atoms with Crippen LogP contribution >= 0.6 is 11.6 Å². The van der Waals surface area contributed by atoms with E-state index in [0.29, 0.717) is 16.5 Å². The molecule has 0 spiro atoms. The van der Waals surface area contributed by atoms with Gasteiger partial charge < -0.3 is 0 Å². The Balaban J connectivity index is 2.06. The lowest BCUT2D eigenvalue weighted by atomic mass is 10.0. The number of benzene rings is 2. The van der Waals surface area contributed by atoms with Crippen molar-refractivity contribution < 1.29 is 8.42 Å². The molecule has 25 heavy (non-hydrogen) atoms. The van der Waals surface area contributed by atoms with E-state index in [9.17, 15) is 8.42 Å². The van der Waals surface area contributed by atoms with Crippen LogP contribution < -0.4 is 0 Å². The molecule has 0 N–H and O–H groups in total. The Morgan fingerprint density at radius 2 is 1.76 bits per heavy atom. The first-order valence-corrected chi connectivity index (χ1v) is 10.6. The second-order valence-corrected chi connectivity index (χ2v) is 9.05. The van der Waals surface area contributed by atoms with E-state index in [-0.39, 0.29) is 6.04 Å². The van der Waals surface area contributed by atoms with E-state index in [0.717, 1.165) is 42.4 Å². The third kappa shape index (κ3) is 3.76. The Hall–Kier alpha value is -1.36. The summed E-state index contributed by atoms with van der Waals surface area (Å²) in [6.07, 6.45) is 3.73. The highest BCUT2D eigenvalue weighted by atomic mass is 35.5. The molecule has 1 aliphatic heterocycles. The summed E-state index contributed by atoms with van der Waals surface area (Å²) in [4.78, 5) is 0.370. The molecule has 1 aliphatic rings. The van der Waals surface area contributed by atoms with Crippen molar-refractivity contribution in [2.24, 2.45) is 0 Å². The van der Waals surface area contributed by atoms with Gasteiger partial charge in [0.2, 0.25) is 10.0 Å². The zero-order chi connectivity index (χ0) is 18.0. The average Bonchev–Trinajstić information content (AvgIpc) is 2.84. The smallest absolute Gasteiger partial charge is 0.207 e. The molecule has 3 nitrogen and oxygen atoms in total. The molecule has 0 amide bonds. The minimum Gasteiger partial charge on any atom is -0.207 e. The largest absolute Gasteiger partial charge is 0.243 e. The number of rotatable bonds is 3. The zero-order valence-corrected chi connectivity index (χ0v) is 16.3. The predicted octanol–water partition coefficient (Wildman–Crippen LogP) is 5.26. The molecule has 0 radical (unpaired) electrons. The Morgan fingerprint density at radius 3 is 2.48 bits per heavy atom. The highest BCUT2D eigenvalue weighted by molar-refractivity contribution is 7.89. The molecule has 1 saturated heterocycles. The molecule has 5 heteroatoms. The maximum atomic E-state index is 13.4. The van der Waals surface area contributed by atoms with Crippen LogP contribution in [0.1, 0.15) is 48.4 Å². The average molecular weight is 378 g/mol. The molecule has 0 bridgehead atoms. The Labute approximate surface area is 155 Å². The highest BCUT2D eigenvalue weighted by Gasteiger charge is 2.34. The van der Waals surface area contributed by atoms with Gasteiger partial charge in [-0.1, -0.05) is 48.7 Å². The van der Waals surface area contributed by atoms with Gasteiger partial charge in [-0.2, -0.15) is 4.31 Å². The van der Waals surface area contributed by atoms with Crippen LogP contribution in [0.15, 0.2) is 47.4 Å². The van der Waals surface area contributed by atoms with E-state index in [1.807, 2.05) is 44.2 Å². The van der Waals surface area contributed by atoms with Crippen molar-refractivity contribution in [3.8, 4) is 0 Å². The first-order chi connectivity index (χ1) is 11.9. The van der Waals surface area contributed by atoms with Crippen LogP contribution in [0.5, 0.6) is 0 Å². The second-order valence-electron chi connectivity index (χ2n) is 6.75. The van der Waals surface area contributed by atoms with Crippen molar-refractivity contribution in [1.82, 2.24) is 4.31 Å². The quantitative estimate of drug-likeness (QED) is 0.731. The normalized spacial score (nSPS) is 19.6. The number of hydrogen-bond donors (Lipinski definition) is 0. The molecular weight excluding hydrogens is 354 g/mol. The van der Waals surface area contributed by atoms with Crippen molar-refractivity contribution in [1.29, 1.82) is 0 Å².